The summed E-state index contributed by atoms with van der Waals surface area (Å²) in [4.78, 5) is 64.7. The van der Waals surface area contributed by atoms with E-state index in [-0.39, 0.29) is 19.4 Å². The van der Waals surface area contributed by atoms with Crippen LogP contribution < -0.4 is 29.7 Å². The molecule has 4 aliphatic rings. The molecule has 3 aromatic rings. The van der Waals surface area contributed by atoms with Gasteiger partial charge in [-0.15, -0.1) is 0 Å². The molecular formula is C44H56N6O9S. The standard InChI is InChI=1S/C44H56N6O9S/c1-43(2,3)59-42(54)46-35-13-11-9-7-8-10-12-29-25-44(29,41(53)48-60(55,56)33-19-20-33)47-38(51)37-24-32(26-50(37)40(35)52)58-39-34-21-16-30(49(4)5)22-28(34)23-36(45-39)27-14-17-31(57-6)18-15-27/h10,12,14-18,21-23,29,32-33,35,37H,7-9,11,13,19-20,24-26H2,1-6H3,(H,46,54)(H,47,51)(H,48,53)/b12-10-/t29-,32?,35+,37+,44-/m1/s1. The number of rotatable bonds is 9. The highest BCUT2D eigenvalue weighted by Crippen LogP contribution is 2.46. The Kier molecular flexibility index (Phi) is 12.1. The summed E-state index contributed by atoms with van der Waals surface area (Å²) in [6.07, 6.45) is 6.63. The van der Waals surface area contributed by atoms with E-state index >= 15 is 0 Å². The lowest BCUT2D eigenvalue weighted by atomic mass is 10.0. The largest absolute Gasteiger partial charge is 0.497 e. The molecule has 322 valence electrons. The van der Waals surface area contributed by atoms with Crippen LogP contribution in [0.2, 0.25) is 0 Å². The summed E-state index contributed by atoms with van der Waals surface area (Å²) < 4.78 is 45.8. The van der Waals surface area contributed by atoms with E-state index in [1.807, 2.05) is 79.7 Å². The number of amides is 4. The number of alkyl carbamates (subject to hydrolysis) is 1. The zero-order valence-electron chi connectivity index (χ0n) is 35.2. The van der Waals surface area contributed by atoms with Crippen LogP contribution >= 0.6 is 0 Å². The Morgan fingerprint density at radius 1 is 1.00 bits per heavy atom. The Balaban J connectivity index is 1.24. The molecule has 3 N–H and O–H groups in total. The molecule has 0 radical (unpaired) electrons. The van der Waals surface area contributed by atoms with E-state index in [0.29, 0.717) is 49.4 Å². The minimum Gasteiger partial charge on any atom is -0.497 e. The summed E-state index contributed by atoms with van der Waals surface area (Å²) in [6, 6.07) is 13.2. The quantitative estimate of drug-likeness (QED) is 0.240. The number of allylic oxidation sites excluding steroid dienone is 1. The van der Waals surface area contributed by atoms with Gasteiger partial charge in [0.1, 0.15) is 35.1 Å². The fourth-order valence-electron chi connectivity index (χ4n) is 7.95. The van der Waals surface area contributed by atoms with E-state index < -0.39 is 74.3 Å². The molecule has 1 unspecified atom stereocenters. The molecule has 3 fully saturated rings. The fraction of sp³-hybridized carbons (Fsp3) is 0.523. The molecule has 2 aliphatic heterocycles. The highest BCUT2D eigenvalue weighted by Gasteiger charge is 2.62. The third-order valence-corrected chi connectivity index (χ3v) is 13.3. The van der Waals surface area contributed by atoms with Gasteiger partial charge in [0.05, 0.1) is 24.6 Å². The summed E-state index contributed by atoms with van der Waals surface area (Å²) in [5, 5.41) is 6.63. The number of methoxy groups -OCH3 is 1. The number of ether oxygens (including phenoxy) is 3. The predicted octanol–water partition coefficient (Wildman–Crippen LogP) is 5.22. The van der Waals surface area contributed by atoms with Crippen LogP contribution in [0, 0.1) is 5.92 Å². The Morgan fingerprint density at radius 3 is 2.43 bits per heavy atom. The lowest BCUT2D eigenvalue weighted by Gasteiger charge is -2.30. The number of hydrogen-bond donors (Lipinski definition) is 3. The van der Waals surface area contributed by atoms with Gasteiger partial charge in [-0.3, -0.25) is 19.1 Å². The minimum atomic E-state index is -3.91. The second-order valence-electron chi connectivity index (χ2n) is 17.5. The van der Waals surface area contributed by atoms with Gasteiger partial charge in [0.25, 0.3) is 5.91 Å². The van der Waals surface area contributed by atoms with Gasteiger partial charge in [-0.25, -0.2) is 18.2 Å². The second-order valence-corrected chi connectivity index (χ2v) is 19.5. The maximum absolute atomic E-state index is 14.7. The highest BCUT2D eigenvalue weighted by molar-refractivity contribution is 7.91. The van der Waals surface area contributed by atoms with Crippen LogP contribution in [0.15, 0.2) is 60.7 Å². The van der Waals surface area contributed by atoms with Crippen molar-refractivity contribution in [1.82, 2.24) is 25.2 Å². The third kappa shape index (κ3) is 9.64. The molecule has 1 aromatic heterocycles. The van der Waals surface area contributed by atoms with Crippen molar-refractivity contribution in [3.63, 3.8) is 0 Å². The number of carbonyl (C=O) groups is 4. The number of aromatic nitrogens is 1. The van der Waals surface area contributed by atoms with Crippen molar-refractivity contribution in [1.29, 1.82) is 0 Å². The first-order valence-corrected chi connectivity index (χ1v) is 22.3. The number of hydrogen-bond acceptors (Lipinski definition) is 11. The lowest BCUT2D eigenvalue weighted by molar-refractivity contribution is -0.141. The average molecular weight is 845 g/mol. The van der Waals surface area contributed by atoms with E-state index in [2.05, 4.69) is 15.4 Å². The normalized spacial score (nSPS) is 25.4. The van der Waals surface area contributed by atoms with Crippen molar-refractivity contribution in [3.05, 3.63) is 60.7 Å². The smallest absolute Gasteiger partial charge is 0.408 e. The highest BCUT2D eigenvalue weighted by atomic mass is 32.2. The molecule has 2 aromatic carbocycles. The Morgan fingerprint density at radius 2 is 1.75 bits per heavy atom. The van der Waals surface area contributed by atoms with Crippen LogP contribution in [-0.2, 0) is 29.1 Å². The molecule has 0 bridgehead atoms. The van der Waals surface area contributed by atoms with Gasteiger partial charge in [0.2, 0.25) is 27.7 Å². The van der Waals surface area contributed by atoms with Crippen molar-refractivity contribution in [3.8, 4) is 22.9 Å². The Hall–Kier alpha value is -5.38. The first-order chi connectivity index (χ1) is 28.5. The van der Waals surface area contributed by atoms with Crippen LogP contribution in [0.5, 0.6) is 11.6 Å². The van der Waals surface area contributed by atoms with Crippen LogP contribution in [0.3, 0.4) is 0 Å². The summed E-state index contributed by atoms with van der Waals surface area (Å²) in [6.45, 7) is 5.17. The number of anilines is 1. The molecule has 2 aliphatic carbocycles. The maximum Gasteiger partial charge on any atom is 0.408 e. The monoisotopic (exact) mass is 844 g/mol. The number of nitrogens with one attached hydrogen (secondary N) is 3. The van der Waals surface area contributed by atoms with Gasteiger partial charge in [-0.05, 0) is 113 Å². The van der Waals surface area contributed by atoms with Crippen molar-refractivity contribution in [2.24, 2.45) is 5.92 Å². The van der Waals surface area contributed by atoms with Gasteiger partial charge in [0, 0.05) is 43.1 Å². The summed E-state index contributed by atoms with van der Waals surface area (Å²) in [5.74, 6) is -1.36. The second kappa shape index (κ2) is 16.9. The molecule has 15 nitrogen and oxygen atoms in total. The van der Waals surface area contributed by atoms with Gasteiger partial charge in [0.15, 0.2) is 0 Å². The third-order valence-electron chi connectivity index (χ3n) is 11.5. The van der Waals surface area contributed by atoms with Crippen molar-refractivity contribution < 1.29 is 41.8 Å². The van der Waals surface area contributed by atoms with Crippen LogP contribution in [0.1, 0.15) is 78.6 Å². The zero-order valence-corrected chi connectivity index (χ0v) is 36.0. The number of carbonyl (C=O) groups excluding carboxylic acids is 4. The first-order valence-electron chi connectivity index (χ1n) is 20.7. The minimum absolute atomic E-state index is 0.0288. The molecule has 2 saturated carbocycles. The molecule has 60 heavy (non-hydrogen) atoms. The van der Waals surface area contributed by atoms with E-state index in [1.54, 1.807) is 27.9 Å². The molecule has 16 heteroatoms. The number of sulfonamides is 1. The SMILES string of the molecule is COc1ccc(-c2cc3cc(N(C)C)ccc3c(OC3C[C@H]4C(=O)N[C@]5(C(=O)NS(=O)(=O)C6CC6)C[C@H]5/C=C\CCCCC[C@H](NC(=O)OC(C)(C)C)C(=O)N4C3)n2)cc1. The lowest BCUT2D eigenvalue weighted by Crippen LogP contribution is -2.58. The molecule has 5 atom stereocenters. The molecule has 0 spiro atoms. The van der Waals surface area contributed by atoms with Crippen molar-refractivity contribution in [2.45, 2.75) is 113 Å². The molecular weight excluding hydrogens is 789 g/mol. The summed E-state index contributed by atoms with van der Waals surface area (Å²) in [7, 11) is 1.60. The van der Waals surface area contributed by atoms with Crippen LogP contribution in [0.4, 0.5) is 10.5 Å². The Bertz CT molecular complexity index is 2270. The fourth-order valence-corrected chi connectivity index (χ4v) is 9.31. The zero-order chi connectivity index (χ0) is 43.0. The first kappa shape index (κ1) is 42.7. The van der Waals surface area contributed by atoms with E-state index in [1.165, 1.54) is 4.90 Å². The van der Waals surface area contributed by atoms with Crippen molar-refractivity contribution >= 4 is 50.3 Å². The van der Waals surface area contributed by atoms with Gasteiger partial charge >= 0.3 is 6.09 Å². The summed E-state index contributed by atoms with van der Waals surface area (Å²) in [5.41, 5.74) is 0.0881. The van der Waals surface area contributed by atoms with Crippen LogP contribution in [-0.4, -0.2) is 104 Å². The van der Waals surface area contributed by atoms with E-state index in [0.717, 1.165) is 34.9 Å². The maximum atomic E-state index is 14.7. The Labute approximate surface area is 351 Å². The number of fused-ring (bicyclic) bond motifs is 3. The van der Waals surface area contributed by atoms with Crippen molar-refractivity contribution in [2.75, 3.05) is 32.6 Å². The molecule has 4 amide bonds. The molecule has 1 saturated heterocycles. The topological polar surface area (TPSA) is 186 Å². The summed E-state index contributed by atoms with van der Waals surface area (Å²) >= 11 is 0. The van der Waals surface area contributed by atoms with Gasteiger partial charge in [-0.2, -0.15) is 0 Å². The van der Waals surface area contributed by atoms with Gasteiger partial charge in [-0.1, -0.05) is 25.0 Å². The average Bonchev–Trinajstić information content (AvgIpc) is 4.12. The number of pyridine rings is 1. The predicted molar refractivity (Wildman–Crippen MR) is 227 cm³/mol. The van der Waals surface area contributed by atoms with Crippen LogP contribution in [0.25, 0.3) is 22.0 Å². The molecule has 7 rings (SSSR count). The molecule has 3 heterocycles. The van der Waals surface area contributed by atoms with E-state index in [4.69, 9.17) is 19.2 Å². The number of benzene rings is 2. The van der Waals surface area contributed by atoms with E-state index in [9.17, 15) is 27.6 Å². The van der Waals surface area contributed by atoms with Gasteiger partial charge < -0.3 is 34.6 Å². The number of nitrogens with zero attached hydrogens (tertiary/aromatic N) is 3.